The minimum atomic E-state index is -5.03. The zero-order valence-corrected chi connectivity index (χ0v) is 22.1. The van der Waals surface area contributed by atoms with E-state index >= 15 is 0 Å². The molecule has 14 heteroatoms. The molecule has 2 aromatic carbocycles. The molecule has 0 saturated heterocycles. The van der Waals surface area contributed by atoms with Gasteiger partial charge in [-0.15, -0.1) is 0 Å². The molecule has 7 nitrogen and oxygen atoms in total. The molecule has 0 unspecified atom stereocenters. The molecule has 0 aliphatic carbocycles. The number of nitrogens with zero attached hydrogens (tertiary/aromatic N) is 3. The number of imidazole rings is 1. The van der Waals surface area contributed by atoms with Crippen LogP contribution >= 0.6 is 0 Å². The van der Waals surface area contributed by atoms with Crippen molar-refractivity contribution >= 4 is 27.5 Å². The van der Waals surface area contributed by atoms with E-state index < -0.39 is 50.8 Å². The van der Waals surface area contributed by atoms with Crippen molar-refractivity contribution in [2.75, 3.05) is 4.31 Å². The number of fused-ring (bicyclic) bond motifs is 1. The van der Waals surface area contributed by atoms with Crippen LogP contribution in [0.25, 0.3) is 5.65 Å². The summed E-state index contributed by atoms with van der Waals surface area (Å²) in [5, 5.41) is 11.0. The molecule has 4 aromatic rings. The molecular formula is C23H15F5N3NaO4S. The van der Waals surface area contributed by atoms with Gasteiger partial charge >= 0.3 is 35.7 Å². The minimum absolute atomic E-state index is 0. The number of pyridine rings is 1. The van der Waals surface area contributed by atoms with E-state index in [-0.39, 0.29) is 57.8 Å². The standard InChI is InChI=1S/C23H16F5N3O4S.Na/c1-13-21(29-20-9-5-16(24)12-30(13)20)31(11-14-2-8-19(25)18(10-14)23(26,27)28)36(34,35)17-6-3-15(4-7-17)22(32)33;/h2-10,12H,11H2,1H3,(H,32,33);/q;+1/p-1. The van der Waals surface area contributed by atoms with Gasteiger partial charge in [0.05, 0.1) is 28.7 Å². The average Bonchev–Trinajstić information content (AvgIpc) is 3.13. The zero-order chi connectivity index (χ0) is 26.4. The Hall–Kier alpha value is -3.00. The summed E-state index contributed by atoms with van der Waals surface area (Å²) in [6.07, 6.45) is -3.97. The van der Waals surface area contributed by atoms with Crippen LogP contribution in [0, 0.1) is 18.6 Å². The summed E-state index contributed by atoms with van der Waals surface area (Å²) in [4.78, 5) is 14.9. The Morgan fingerprint density at radius 3 is 2.30 bits per heavy atom. The fourth-order valence-corrected chi connectivity index (χ4v) is 5.03. The van der Waals surface area contributed by atoms with E-state index in [1.54, 1.807) is 0 Å². The number of halogens is 5. The van der Waals surface area contributed by atoms with Crippen molar-refractivity contribution in [1.82, 2.24) is 9.38 Å². The number of hydrogen-bond donors (Lipinski definition) is 0. The summed E-state index contributed by atoms with van der Waals surface area (Å²) in [6.45, 7) is 0.740. The molecule has 0 aliphatic heterocycles. The number of rotatable bonds is 6. The Labute approximate surface area is 229 Å². The predicted octanol–water partition coefficient (Wildman–Crippen LogP) is 0.703. The van der Waals surface area contributed by atoms with Crippen LogP contribution in [-0.2, 0) is 22.7 Å². The SMILES string of the molecule is Cc1c(N(Cc2ccc(F)c(C(F)(F)F)c2)S(=O)(=O)c2ccc(C(=O)[O-])cc2)nc2ccc(F)cn12.[Na+]. The van der Waals surface area contributed by atoms with Crippen molar-refractivity contribution in [1.29, 1.82) is 0 Å². The van der Waals surface area contributed by atoms with E-state index in [0.717, 1.165) is 42.6 Å². The number of hydrogen-bond acceptors (Lipinski definition) is 5. The fourth-order valence-electron chi connectivity index (χ4n) is 3.58. The molecule has 0 N–H and O–H groups in total. The predicted molar refractivity (Wildman–Crippen MR) is 115 cm³/mol. The first-order valence-electron chi connectivity index (χ1n) is 10.1. The van der Waals surface area contributed by atoms with Crippen molar-refractivity contribution < 1.29 is 69.8 Å². The van der Waals surface area contributed by atoms with E-state index in [2.05, 4.69) is 4.98 Å². The zero-order valence-electron chi connectivity index (χ0n) is 19.3. The van der Waals surface area contributed by atoms with E-state index in [0.29, 0.717) is 16.4 Å². The smallest absolute Gasteiger partial charge is 0.545 e. The molecule has 0 atom stereocenters. The van der Waals surface area contributed by atoms with Gasteiger partial charge in [0.2, 0.25) is 0 Å². The average molecular weight is 547 g/mol. The second-order valence-electron chi connectivity index (χ2n) is 7.73. The van der Waals surface area contributed by atoms with Crippen LogP contribution in [0.4, 0.5) is 27.8 Å². The molecular weight excluding hydrogens is 532 g/mol. The first kappa shape index (κ1) is 28.6. The van der Waals surface area contributed by atoms with Crippen molar-refractivity contribution in [2.45, 2.75) is 24.5 Å². The first-order valence-corrected chi connectivity index (χ1v) is 11.6. The normalized spacial score (nSPS) is 11.8. The fraction of sp³-hybridized carbons (Fsp3) is 0.130. The number of carbonyl (C=O) groups excluding carboxylic acids is 1. The van der Waals surface area contributed by atoms with Gasteiger partial charge in [0.15, 0.2) is 5.82 Å². The van der Waals surface area contributed by atoms with Gasteiger partial charge in [0.1, 0.15) is 17.3 Å². The van der Waals surface area contributed by atoms with Crippen molar-refractivity contribution in [2.24, 2.45) is 0 Å². The Bertz CT molecular complexity index is 1590. The number of benzene rings is 2. The first-order chi connectivity index (χ1) is 16.8. The van der Waals surface area contributed by atoms with Gasteiger partial charge in [-0.25, -0.2) is 26.5 Å². The number of carbonyl (C=O) groups is 1. The molecule has 188 valence electrons. The topological polar surface area (TPSA) is 94.8 Å². The van der Waals surface area contributed by atoms with Gasteiger partial charge in [-0.05, 0) is 54.4 Å². The second kappa shape index (κ2) is 10.4. The van der Waals surface area contributed by atoms with E-state index in [1.807, 2.05) is 0 Å². The van der Waals surface area contributed by atoms with Crippen LogP contribution in [0.2, 0.25) is 0 Å². The number of carboxylic acid groups (broad SMARTS) is 1. The van der Waals surface area contributed by atoms with Gasteiger partial charge < -0.3 is 9.90 Å². The van der Waals surface area contributed by atoms with Crippen molar-refractivity contribution in [3.63, 3.8) is 0 Å². The summed E-state index contributed by atoms with van der Waals surface area (Å²) in [6, 6.07) is 8.40. The van der Waals surface area contributed by atoms with Gasteiger partial charge in [0, 0.05) is 6.20 Å². The number of aromatic nitrogens is 2. The van der Waals surface area contributed by atoms with Crippen LogP contribution in [-0.4, -0.2) is 23.8 Å². The van der Waals surface area contributed by atoms with E-state index in [4.69, 9.17) is 0 Å². The van der Waals surface area contributed by atoms with Crippen LogP contribution in [0.5, 0.6) is 0 Å². The van der Waals surface area contributed by atoms with Gasteiger partial charge in [-0.1, -0.05) is 18.2 Å². The molecule has 0 spiro atoms. The van der Waals surface area contributed by atoms with Crippen LogP contribution in [0.15, 0.2) is 65.7 Å². The number of aromatic carboxylic acids is 1. The summed E-state index contributed by atoms with van der Waals surface area (Å²) >= 11 is 0. The number of carboxylic acids is 1. The molecule has 2 aromatic heterocycles. The van der Waals surface area contributed by atoms with Gasteiger partial charge in [0.25, 0.3) is 10.0 Å². The number of aryl methyl sites for hydroxylation is 1. The monoisotopic (exact) mass is 547 g/mol. The minimum Gasteiger partial charge on any atom is -0.545 e. The van der Waals surface area contributed by atoms with Crippen molar-refractivity contribution in [3.8, 4) is 0 Å². The van der Waals surface area contributed by atoms with Gasteiger partial charge in [-0.2, -0.15) is 13.2 Å². The number of anilines is 1. The Morgan fingerprint density at radius 2 is 1.70 bits per heavy atom. The molecule has 2 heterocycles. The van der Waals surface area contributed by atoms with Crippen LogP contribution in [0.1, 0.15) is 27.2 Å². The molecule has 0 aliphatic rings. The Morgan fingerprint density at radius 1 is 1.05 bits per heavy atom. The maximum Gasteiger partial charge on any atom is 1.00 e. The Balaban J connectivity index is 0.00000380. The van der Waals surface area contributed by atoms with Crippen LogP contribution in [0.3, 0.4) is 0 Å². The van der Waals surface area contributed by atoms with E-state index in [9.17, 15) is 40.3 Å². The third-order valence-electron chi connectivity index (χ3n) is 5.37. The molecule has 0 saturated carbocycles. The van der Waals surface area contributed by atoms with Crippen LogP contribution < -0.4 is 39.0 Å². The third kappa shape index (κ3) is 5.64. The molecule has 0 bridgehead atoms. The second-order valence-corrected chi connectivity index (χ2v) is 9.59. The van der Waals surface area contributed by atoms with Crippen molar-refractivity contribution in [3.05, 3.63) is 94.8 Å². The Kier molecular flexibility index (Phi) is 8.03. The molecule has 0 radical (unpaired) electrons. The summed E-state index contributed by atoms with van der Waals surface area (Å²) < 4.78 is 96.5. The molecule has 4 rings (SSSR count). The quantitative estimate of drug-likeness (QED) is 0.262. The summed E-state index contributed by atoms with van der Waals surface area (Å²) in [7, 11) is -4.56. The third-order valence-corrected chi connectivity index (χ3v) is 7.12. The number of sulfonamides is 1. The largest absolute Gasteiger partial charge is 1.00 e. The maximum absolute atomic E-state index is 13.8. The van der Waals surface area contributed by atoms with E-state index in [1.165, 1.54) is 17.4 Å². The maximum atomic E-state index is 13.8. The van der Waals surface area contributed by atoms with Gasteiger partial charge in [-0.3, -0.25) is 4.40 Å². The summed E-state index contributed by atoms with van der Waals surface area (Å²) in [5.41, 5.74) is -1.77. The molecule has 0 amide bonds. The number of alkyl halides is 3. The summed E-state index contributed by atoms with van der Waals surface area (Å²) in [5.74, 6) is -3.93. The molecule has 0 fully saturated rings. The molecule has 37 heavy (non-hydrogen) atoms.